The average molecular weight is 416 g/mol. The molecule has 0 saturated heterocycles. The van der Waals surface area contributed by atoms with E-state index in [1.165, 1.54) is 5.56 Å². The maximum atomic E-state index is 4.59. The number of rotatable bonds is 4. The topological polar surface area (TPSA) is 42.2 Å². The first-order chi connectivity index (χ1) is 11.1. The van der Waals surface area contributed by atoms with Gasteiger partial charge < -0.3 is 5.32 Å². The van der Waals surface area contributed by atoms with E-state index in [2.05, 4.69) is 57.1 Å². The van der Waals surface area contributed by atoms with Crippen LogP contribution in [0.3, 0.4) is 0 Å². The molecule has 3 rings (SSSR count). The second-order valence-corrected chi connectivity index (χ2v) is 6.32. The van der Waals surface area contributed by atoms with Crippen LogP contribution in [-0.2, 0) is 0 Å². The highest BCUT2D eigenvalue weighted by atomic mass is 127. The maximum Gasteiger partial charge on any atom is 0.170 e. The molecule has 23 heavy (non-hydrogen) atoms. The van der Waals surface area contributed by atoms with Gasteiger partial charge in [0.2, 0.25) is 0 Å². The molecule has 0 aliphatic heterocycles. The van der Waals surface area contributed by atoms with Gasteiger partial charge in [0.25, 0.3) is 0 Å². The Kier molecular flexibility index (Phi) is 4.76. The largest absolute Gasteiger partial charge is 0.346 e. The number of anilines is 1. The van der Waals surface area contributed by atoms with Gasteiger partial charge in [-0.05, 0) is 60.7 Å². The van der Waals surface area contributed by atoms with Crippen molar-refractivity contribution >= 4 is 40.4 Å². The Labute approximate surface area is 149 Å². The number of benzene rings is 2. The van der Waals surface area contributed by atoms with Crippen LogP contribution >= 0.6 is 22.6 Å². The van der Waals surface area contributed by atoms with Crippen molar-refractivity contribution in [2.75, 3.05) is 5.32 Å². The van der Waals surface area contributed by atoms with E-state index >= 15 is 0 Å². The molecule has 0 aliphatic rings. The number of para-hydroxylation sites is 1. The summed E-state index contributed by atoms with van der Waals surface area (Å²) in [7, 11) is 0. The third kappa shape index (κ3) is 3.61. The van der Waals surface area contributed by atoms with Gasteiger partial charge in [0.1, 0.15) is 0 Å². The predicted octanol–water partition coefficient (Wildman–Crippen LogP) is 4.87. The summed E-state index contributed by atoms with van der Waals surface area (Å²) in [4.78, 5) is 4.58. The highest BCUT2D eigenvalue weighted by Crippen LogP contribution is 2.27. The summed E-state index contributed by atoms with van der Waals surface area (Å²) in [6, 6.07) is 18.2. The summed E-state index contributed by atoms with van der Waals surface area (Å²) in [5.74, 6) is 0.828. The molecule has 4 nitrogen and oxygen atoms in total. The number of nitrogens with one attached hydrogen (secondary N) is 1. The van der Waals surface area contributed by atoms with E-state index in [0.29, 0.717) is 0 Å². The fourth-order valence-corrected chi connectivity index (χ4v) is 2.65. The SMILES string of the molecule is Cc1ccc(N/C=N\c2c(I)c(C)nn2-c2ccccc2)cc1. The summed E-state index contributed by atoms with van der Waals surface area (Å²) in [5, 5.41) is 7.78. The van der Waals surface area contributed by atoms with Crippen molar-refractivity contribution < 1.29 is 0 Å². The van der Waals surface area contributed by atoms with E-state index < -0.39 is 0 Å². The molecule has 2 aromatic carbocycles. The van der Waals surface area contributed by atoms with Gasteiger partial charge in [-0.3, -0.25) is 0 Å². The van der Waals surface area contributed by atoms with Crippen LogP contribution in [-0.4, -0.2) is 16.1 Å². The van der Waals surface area contributed by atoms with Gasteiger partial charge in [-0.25, -0.2) is 9.67 Å². The minimum Gasteiger partial charge on any atom is -0.346 e. The second-order valence-electron chi connectivity index (χ2n) is 5.24. The molecule has 0 aliphatic carbocycles. The first-order valence-electron chi connectivity index (χ1n) is 7.31. The van der Waals surface area contributed by atoms with Crippen LogP contribution in [0.1, 0.15) is 11.3 Å². The predicted molar refractivity (Wildman–Crippen MR) is 104 cm³/mol. The average Bonchev–Trinajstić information content (AvgIpc) is 2.86. The van der Waals surface area contributed by atoms with Crippen LogP contribution < -0.4 is 5.32 Å². The zero-order valence-corrected chi connectivity index (χ0v) is 15.2. The van der Waals surface area contributed by atoms with Gasteiger partial charge in [-0.15, -0.1) is 0 Å². The lowest BCUT2D eigenvalue weighted by Crippen LogP contribution is -1.98. The van der Waals surface area contributed by atoms with Crippen LogP contribution in [0.15, 0.2) is 59.6 Å². The van der Waals surface area contributed by atoms with E-state index in [0.717, 1.165) is 26.5 Å². The van der Waals surface area contributed by atoms with E-state index in [1.54, 1.807) is 6.34 Å². The number of halogens is 1. The Balaban J connectivity index is 1.87. The molecule has 0 saturated carbocycles. The number of hydrogen-bond donors (Lipinski definition) is 1. The second kappa shape index (κ2) is 6.95. The van der Waals surface area contributed by atoms with Gasteiger partial charge in [0, 0.05) is 5.69 Å². The lowest BCUT2D eigenvalue weighted by atomic mass is 10.2. The van der Waals surface area contributed by atoms with Crippen molar-refractivity contribution in [2.24, 2.45) is 4.99 Å². The molecule has 0 unspecified atom stereocenters. The third-order valence-corrected chi connectivity index (χ3v) is 4.70. The standard InChI is InChI=1S/C18H17IN4/c1-13-8-10-15(11-9-13)20-12-21-18-17(19)14(2)22-23(18)16-6-4-3-5-7-16/h3-12H,1-2H3,(H,20,21). The van der Waals surface area contributed by atoms with Crippen LogP contribution in [0.25, 0.3) is 5.69 Å². The Hall–Kier alpha value is -2.15. The first kappa shape index (κ1) is 15.7. The molecule has 1 heterocycles. The highest BCUT2D eigenvalue weighted by molar-refractivity contribution is 14.1. The summed E-state index contributed by atoms with van der Waals surface area (Å²) >= 11 is 2.29. The quantitative estimate of drug-likeness (QED) is 0.375. The monoisotopic (exact) mass is 416 g/mol. The lowest BCUT2D eigenvalue weighted by Gasteiger charge is -2.04. The molecule has 0 spiro atoms. The molecule has 0 bridgehead atoms. The lowest BCUT2D eigenvalue weighted by molar-refractivity contribution is 0.863. The van der Waals surface area contributed by atoms with E-state index in [-0.39, 0.29) is 0 Å². The minimum absolute atomic E-state index is 0.828. The number of hydrogen-bond acceptors (Lipinski definition) is 2. The van der Waals surface area contributed by atoms with Crippen molar-refractivity contribution in [3.8, 4) is 5.69 Å². The van der Waals surface area contributed by atoms with Gasteiger partial charge >= 0.3 is 0 Å². The van der Waals surface area contributed by atoms with Crippen LogP contribution in [0, 0.1) is 17.4 Å². The molecule has 1 aromatic heterocycles. The zero-order chi connectivity index (χ0) is 16.2. The molecule has 0 amide bonds. The van der Waals surface area contributed by atoms with Crippen molar-refractivity contribution in [3.63, 3.8) is 0 Å². The summed E-state index contributed by atoms with van der Waals surface area (Å²) in [6.07, 6.45) is 1.71. The zero-order valence-electron chi connectivity index (χ0n) is 13.0. The van der Waals surface area contributed by atoms with Crippen molar-refractivity contribution in [2.45, 2.75) is 13.8 Å². The Morgan fingerprint density at radius 3 is 2.43 bits per heavy atom. The maximum absolute atomic E-state index is 4.59. The number of nitrogens with zero attached hydrogens (tertiary/aromatic N) is 3. The van der Waals surface area contributed by atoms with Gasteiger partial charge in [-0.1, -0.05) is 35.9 Å². The summed E-state index contributed by atoms with van der Waals surface area (Å²) in [6.45, 7) is 4.06. The Morgan fingerprint density at radius 2 is 1.74 bits per heavy atom. The smallest absolute Gasteiger partial charge is 0.170 e. The fraction of sp³-hybridized carbons (Fsp3) is 0.111. The number of aliphatic imine (C=N–C) groups is 1. The first-order valence-corrected chi connectivity index (χ1v) is 8.39. The minimum atomic E-state index is 0.828. The van der Waals surface area contributed by atoms with Crippen molar-refractivity contribution in [1.82, 2.24) is 9.78 Å². The third-order valence-electron chi connectivity index (χ3n) is 3.43. The van der Waals surface area contributed by atoms with Crippen molar-refractivity contribution in [1.29, 1.82) is 0 Å². The van der Waals surface area contributed by atoms with Crippen LogP contribution in [0.5, 0.6) is 0 Å². The van der Waals surface area contributed by atoms with Gasteiger partial charge in [0.05, 0.1) is 21.3 Å². The molecule has 0 radical (unpaired) electrons. The molecular weight excluding hydrogens is 399 g/mol. The van der Waals surface area contributed by atoms with E-state index in [9.17, 15) is 0 Å². The summed E-state index contributed by atoms with van der Waals surface area (Å²) < 4.78 is 2.91. The normalized spacial score (nSPS) is 11.1. The fourth-order valence-electron chi connectivity index (χ4n) is 2.17. The molecule has 116 valence electrons. The summed E-state index contributed by atoms with van der Waals surface area (Å²) in [5.41, 5.74) is 4.22. The Morgan fingerprint density at radius 1 is 1.04 bits per heavy atom. The molecule has 0 atom stereocenters. The molecule has 0 fully saturated rings. The van der Waals surface area contributed by atoms with Crippen LogP contribution in [0.2, 0.25) is 0 Å². The Bertz CT molecular complexity index is 820. The molecule has 5 heteroatoms. The van der Waals surface area contributed by atoms with Gasteiger partial charge in [0.15, 0.2) is 5.82 Å². The molecular formula is C18H17IN4. The van der Waals surface area contributed by atoms with Crippen molar-refractivity contribution in [3.05, 3.63) is 69.4 Å². The van der Waals surface area contributed by atoms with E-state index in [4.69, 9.17) is 0 Å². The number of aryl methyl sites for hydroxylation is 2. The van der Waals surface area contributed by atoms with E-state index in [1.807, 2.05) is 54.1 Å². The molecule has 1 N–H and O–H groups in total. The highest BCUT2D eigenvalue weighted by Gasteiger charge is 2.12. The van der Waals surface area contributed by atoms with Crippen LogP contribution in [0.4, 0.5) is 11.5 Å². The molecule has 3 aromatic rings. The number of aromatic nitrogens is 2. The van der Waals surface area contributed by atoms with Gasteiger partial charge in [-0.2, -0.15) is 5.10 Å².